The van der Waals surface area contributed by atoms with Crippen molar-refractivity contribution in [1.82, 2.24) is 4.90 Å². The molecule has 3 rings (SSSR count). The van der Waals surface area contributed by atoms with Gasteiger partial charge in [-0.1, -0.05) is 23.2 Å². The van der Waals surface area contributed by atoms with Gasteiger partial charge in [0.25, 0.3) is 0 Å². The van der Waals surface area contributed by atoms with E-state index in [0.29, 0.717) is 53.7 Å². The molecule has 1 heterocycles. The fourth-order valence-electron chi connectivity index (χ4n) is 2.53. The number of rotatable bonds is 6. The molecule has 138 valence electrons. The van der Waals surface area contributed by atoms with E-state index in [1.807, 2.05) is 0 Å². The molecule has 0 spiro atoms. The summed E-state index contributed by atoms with van der Waals surface area (Å²) < 4.78 is 16.6. The Morgan fingerprint density at radius 1 is 1.15 bits per heavy atom. The number of ether oxygens (including phenoxy) is 3. The second-order valence-corrected chi connectivity index (χ2v) is 6.74. The molecule has 0 aromatic heterocycles. The number of fused-ring (bicyclic) bond motifs is 1. The topological polar surface area (TPSA) is 48.0 Å². The Hall–Kier alpha value is -2.11. The van der Waals surface area contributed by atoms with Crippen LogP contribution in [-0.2, 0) is 11.2 Å². The van der Waals surface area contributed by atoms with Crippen LogP contribution in [0.4, 0.5) is 0 Å². The third-order valence-corrected chi connectivity index (χ3v) is 4.48. The number of hydrogen-bond acceptors (Lipinski definition) is 4. The van der Waals surface area contributed by atoms with E-state index in [0.717, 1.165) is 5.56 Å². The lowest BCUT2D eigenvalue weighted by Crippen LogP contribution is -2.32. The molecule has 2 aromatic carbocycles. The van der Waals surface area contributed by atoms with Gasteiger partial charge < -0.3 is 19.1 Å². The summed E-state index contributed by atoms with van der Waals surface area (Å²) in [6.45, 7) is 1.82. The van der Waals surface area contributed by atoms with Gasteiger partial charge in [0.15, 0.2) is 11.5 Å². The van der Waals surface area contributed by atoms with Gasteiger partial charge in [-0.05, 0) is 42.0 Å². The molecule has 0 saturated carbocycles. The monoisotopic (exact) mass is 395 g/mol. The molecule has 0 fully saturated rings. The van der Waals surface area contributed by atoms with Gasteiger partial charge in [0, 0.05) is 12.1 Å². The van der Waals surface area contributed by atoms with Crippen LogP contribution >= 0.6 is 23.2 Å². The molecule has 0 unspecified atom stereocenters. The van der Waals surface area contributed by atoms with Crippen molar-refractivity contribution in [2.75, 3.05) is 33.4 Å². The fraction of sp³-hybridized carbons (Fsp3) is 0.316. The number of amides is 1. The molecule has 0 atom stereocenters. The lowest BCUT2D eigenvalue weighted by atomic mass is 10.1. The zero-order chi connectivity index (χ0) is 18.5. The Kier molecular flexibility index (Phi) is 6.12. The first-order chi connectivity index (χ1) is 12.5. The minimum atomic E-state index is -0.0301. The van der Waals surface area contributed by atoms with Crippen molar-refractivity contribution < 1.29 is 19.0 Å². The molecule has 1 aliphatic rings. The predicted molar refractivity (Wildman–Crippen MR) is 101 cm³/mol. The SMILES string of the molecule is CN(CCOc1ccc(Cl)cc1)C(=O)Cc1cc(Cl)c2c(c1)OCCO2. The maximum atomic E-state index is 12.4. The first-order valence-electron chi connectivity index (χ1n) is 8.23. The molecule has 0 bridgehead atoms. The maximum absolute atomic E-state index is 12.4. The normalized spacial score (nSPS) is 12.6. The van der Waals surface area contributed by atoms with Crippen LogP contribution in [0.15, 0.2) is 36.4 Å². The Bertz CT molecular complexity index is 780. The van der Waals surface area contributed by atoms with E-state index in [9.17, 15) is 4.79 Å². The Labute approximate surface area is 162 Å². The standard InChI is InChI=1S/C19H19Cl2NO4/c1-22(6-7-24-15-4-2-14(20)3-5-15)18(23)12-13-10-16(21)19-17(11-13)25-8-9-26-19/h2-5,10-11H,6-9,12H2,1H3. The van der Waals surface area contributed by atoms with Crippen molar-refractivity contribution in [2.45, 2.75) is 6.42 Å². The summed E-state index contributed by atoms with van der Waals surface area (Å²) in [5, 5.41) is 1.11. The smallest absolute Gasteiger partial charge is 0.226 e. The van der Waals surface area contributed by atoms with Crippen LogP contribution < -0.4 is 14.2 Å². The summed E-state index contributed by atoms with van der Waals surface area (Å²) in [6.07, 6.45) is 0.230. The van der Waals surface area contributed by atoms with E-state index in [1.165, 1.54) is 0 Å². The first kappa shape index (κ1) is 18.7. The molecule has 1 aliphatic heterocycles. The van der Waals surface area contributed by atoms with E-state index in [1.54, 1.807) is 48.3 Å². The number of likely N-dealkylation sites (N-methyl/N-ethyl adjacent to an activating group) is 1. The van der Waals surface area contributed by atoms with Crippen molar-refractivity contribution in [3.63, 3.8) is 0 Å². The number of carbonyl (C=O) groups is 1. The van der Waals surface area contributed by atoms with Gasteiger partial charge >= 0.3 is 0 Å². The molecule has 2 aromatic rings. The van der Waals surface area contributed by atoms with Crippen LogP contribution in [0.25, 0.3) is 0 Å². The van der Waals surface area contributed by atoms with E-state index >= 15 is 0 Å². The maximum Gasteiger partial charge on any atom is 0.226 e. The zero-order valence-electron chi connectivity index (χ0n) is 14.3. The molecule has 1 amide bonds. The minimum absolute atomic E-state index is 0.0301. The molecule has 0 saturated heterocycles. The number of benzene rings is 2. The van der Waals surface area contributed by atoms with Gasteiger partial charge in [0.05, 0.1) is 18.0 Å². The van der Waals surface area contributed by atoms with Crippen LogP contribution in [-0.4, -0.2) is 44.2 Å². The van der Waals surface area contributed by atoms with Gasteiger partial charge in [-0.2, -0.15) is 0 Å². The van der Waals surface area contributed by atoms with Crippen LogP contribution in [0, 0.1) is 0 Å². The first-order valence-corrected chi connectivity index (χ1v) is 8.99. The molecule has 26 heavy (non-hydrogen) atoms. The lowest BCUT2D eigenvalue weighted by Gasteiger charge is -2.21. The Morgan fingerprint density at radius 2 is 1.88 bits per heavy atom. The second kappa shape index (κ2) is 8.52. The van der Waals surface area contributed by atoms with E-state index in [4.69, 9.17) is 37.4 Å². The highest BCUT2D eigenvalue weighted by atomic mass is 35.5. The molecule has 0 aliphatic carbocycles. The largest absolute Gasteiger partial charge is 0.492 e. The van der Waals surface area contributed by atoms with E-state index in [2.05, 4.69) is 0 Å². The molecule has 7 heteroatoms. The Balaban J connectivity index is 1.52. The number of nitrogens with zero attached hydrogens (tertiary/aromatic N) is 1. The average molecular weight is 396 g/mol. The van der Waals surface area contributed by atoms with Crippen LogP contribution in [0.2, 0.25) is 10.0 Å². The van der Waals surface area contributed by atoms with Crippen molar-refractivity contribution in [1.29, 1.82) is 0 Å². The fourth-order valence-corrected chi connectivity index (χ4v) is 2.95. The highest BCUT2D eigenvalue weighted by Crippen LogP contribution is 2.38. The lowest BCUT2D eigenvalue weighted by molar-refractivity contribution is -0.129. The van der Waals surface area contributed by atoms with Crippen molar-refractivity contribution in [3.05, 3.63) is 52.0 Å². The van der Waals surface area contributed by atoms with Crippen LogP contribution in [0.3, 0.4) is 0 Å². The van der Waals surface area contributed by atoms with Gasteiger partial charge in [0.1, 0.15) is 25.6 Å². The summed E-state index contributed by atoms with van der Waals surface area (Å²) >= 11 is 12.0. The quantitative estimate of drug-likeness (QED) is 0.745. The van der Waals surface area contributed by atoms with Crippen molar-refractivity contribution >= 4 is 29.1 Å². The van der Waals surface area contributed by atoms with Crippen molar-refractivity contribution in [3.8, 4) is 17.2 Å². The molecular formula is C19H19Cl2NO4. The number of carbonyl (C=O) groups excluding carboxylic acids is 1. The molecule has 5 nitrogen and oxygen atoms in total. The summed E-state index contributed by atoms with van der Waals surface area (Å²) in [5.41, 5.74) is 0.787. The molecule has 0 N–H and O–H groups in total. The molecule has 0 radical (unpaired) electrons. The summed E-state index contributed by atoms with van der Waals surface area (Å²) in [4.78, 5) is 14.0. The van der Waals surface area contributed by atoms with Gasteiger partial charge in [-0.3, -0.25) is 4.79 Å². The number of hydrogen-bond donors (Lipinski definition) is 0. The van der Waals surface area contributed by atoms with Crippen molar-refractivity contribution in [2.24, 2.45) is 0 Å². The highest BCUT2D eigenvalue weighted by molar-refractivity contribution is 6.32. The van der Waals surface area contributed by atoms with E-state index in [-0.39, 0.29) is 12.3 Å². The zero-order valence-corrected chi connectivity index (χ0v) is 15.8. The minimum Gasteiger partial charge on any atom is -0.492 e. The molecular weight excluding hydrogens is 377 g/mol. The van der Waals surface area contributed by atoms with Gasteiger partial charge in [0.2, 0.25) is 5.91 Å². The Morgan fingerprint density at radius 3 is 2.65 bits per heavy atom. The summed E-state index contributed by atoms with van der Waals surface area (Å²) in [5.74, 6) is 1.81. The third kappa shape index (κ3) is 4.74. The number of halogens is 2. The highest BCUT2D eigenvalue weighted by Gasteiger charge is 2.18. The third-order valence-electron chi connectivity index (χ3n) is 3.95. The second-order valence-electron chi connectivity index (χ2n) is 5.90. The van der Waals surface area contributed by atoms with E-state index < -0.39 is 0 Å². The summed E-state index contributed by atoms with van der Waals surface area (Å²) in [6, 6.07) is 10.7. The van der Waals surface area contributed by atoms with Gasteiger partial charge in [-0.25, -0.2) is 0 Å². The van der Waals surface area contributed by atoms with Crippen LogP contribution in [0.1, 0.15) is 5.56 Å². The summed E-state index contributed by atoms with van der Waals surface area (Å²) in [7, 11) is 1.74. The van der Waals surface area contributed by atoms with Gasteiger partial charge in [-0.15, -0.1) is 0 Å². The average Bonchev–Trinajstić information content (AvgIpc) is 2.63. The predicted octanol–water partition coefficient (Wildman–Crippen LogP) is 3.84. The van der Waals surface area contributed by atoms with Crippen LogP contribution in [0.5, 0.6) is 17.2 Å².